The lowest BCUT2D eigenvalue weighted by molar-refractivity contribution is -0.141. The number of carbonyl (C=O) groups is 3. The van der Waals surface area contributed by atoms with Crippen LogP contribution >= 0.6 is 0 Å². The van der Waals surface area contributed by atoms with Gasteiger partial charge < -0.3 is 15.3 Å². The van der Waals surface area contributed by atoms with Gasteiger partial charge in [-0.05, 0) is 18.1 Å². The molecule has 3 rings (SSSR count). The second kappa shape index (κ2) is 5.20. The number of nitrogens with zero attached hydrogens (tertiary/aromatic N) is 1. The van der Waals surface area contributed by atoms with Gasteiger partial charge in [-0.3, -0.25) is 14.4 Å². The molecular weight excluding hydrogens is 272 g/mol. The van der Waals surface area contributed by atoms with Crippen molar-refractivity contribution in [3.63, 3.8) is 0 Å². The molecule has 1 aromatic rings. The van der Waals surface area contributed by atoms with Crippen LogP contribution in [0.2, 0.25) is 0 Å². The molecule has 0 saturated carbocycles. The van der Waals surface area contributed by atoms with E-state index < -0.39 is 17.8 Å². The molecule has 6 nitrogen and oxygen atoms in total. The number of rotatable bonds is 2. The van der Waals surface area contributed by atoms with Gasteiger partial charge in [0, 0.05) is 25.2 Å². The van der Waals surface area contributed by atoms with Crippen LogP contribution in [0.5, 0.6) is 0 Å². The molecule has 2 heterocycles. The molecule has 1 aromatic carbocycles. The van der Waals surface area contributed by atoms with E-state index in [2.05, 4.69) is 5.32 Å². The fourth-order valence-corrected chi connectivity index (χ4v) is 2.97. The molecule has 0 aromatic heterocycles. The first-order valence-electron chi connectivity index (χ1n) is 6.95. The Morgan fingerprint density at radius 2 is 1.95 bits per heavy atom. The molecule has 0 spiro atoms. The van der Waals surface area contributed by atoms with Crippen molar-refractivity contribution in [3.05, 3.63) is 29.8 Å². The molecular formula is C15H16N2O4. The summed E-state index contributed by atoms with van der Waals surface area (Å²) in [4.78, 5) is 36.7. The van der Waals surface area contributed by atoms with Crippen LogP contribution in [0.25, 0.3) is 0 Å². The Morgan fingerprint density at radius 1 is 1.19 bits per heavy atom. The summed E-state index contributed by atoms with van der Waals surface area (Å²) in [5.74, 6) is -2.21. The van der Waals surface area contributed by atoms with Crippen molar-refractivity contribution in [1.82, 2.24) is 5.32 Å². The molecule has 0 bridgehead atoms. The third kappa shape index (κ3) is 2.49. The van der Waals surface area contributed by atoms with Gasteiger partial charge in [-0.1, -0.05) is 18.2 Å². The van der Waals surface area contributed by atoms with Crippen molar-refractivity contribution in [3.8, 4) is 0 Å². The number of benzene rings is 1. The van der Waals surface area contributed by atoms with Crippen molar-refractivity contribution >= 4 is 23.5 Å². The van der Waals surface area contributed by atoms with Crippen molar-refractivity contribution in [1.29, 1.82) is 0 Å². The fraction of sp³-hybridized carbons (Fsp3) is 0.400. The number of hydrogen-bond acceptors (Lipinski definition) is 3. The number of para-hydroxylation sites is 1. The molecule has 2 unspecified atom stereocenters. The molecule has 2 aliphatic rings. The van der Waals surface area contributed by atoms with Gasteiger partial charge in [0.1, 0.15) is 0 Å². The van der Waals surface area contributed by atoms with Gasteiger partial charge in [0.25, 0.3) is 0 Å². The van der Waals surface area contributed by atoms with E-state index >= 15 is 0 Å². The van der Waals surface area contributed by atoms with Gasteiger partial charge in [0.15, 0.2) is 0 Å². The maximum atomic E-state index is 12.6. The lowest BCUT2D eigenvalue weighted by atomic mass is 9.91. The van der Waals surface area contributed by atoms with Crippen LogP contribution in [0.4, 0.5) is 5.69 Å². The third-order valence-electron chi connectivity index (χ3n) is 4.09. The number of carbonyl (C=O) groups excluding carboxylic acids is 2. The zero-order chi connectivity index (χ0) is 15.0. The molecule has 110 valence electrons. The normalized spacial score (nSPS) is 24.4. The summed E-state index contributed by atoms with van der Waals surface area (Å²) in [5.41, 5.74) is 1.63. The van der Waals surface area contributed by atoms with Gasteiger partial charge in [-0.2, -0.15) is 0 Å². The maximum absolute atomic E-state index is 12.6. The lowest BCUT2D eigenvalue weighted by Gasteiger charge is -2.34. The summed E-state index contributed by atoms with van der Waals surface area (Å²) in [6, 6.07) is 7.35. The van der Waals surface area contributed by atoms with Gasteiger partial charge in [-0.15, -0.1) is 0 Å². The molecule has 0 aliphatic carbocycles. The van der Waals surface area contributed by atoms with Gasteiger partial charge in [-0.25, -0.2) is 0 Å². The van der Waals surface area contributed by atoms with Crippen LogP contribution in [0.15, 0.2) is 24.3 Å². The van der Waals surface area contributed by atoms with Crippen LogP contribution < -0.4 is 10.2 Å². The first-order chi connectivity index (χ1) is 10.1. The topological polar surface area (TPSA) is 86.7 Å². The number of amides is 2. The highest BCUT2D eigenvalue weighted by atomic mass is 16.4. The lowest BCUT2D eigenvalue weighted by Crippen LogP contribution is -2.45. The molecule has 2 aliphatic heterocycles. The molecule has 1 fully saturated rings. The Kier molecular flexibility index (Phi) is 3.37. The minimum absolute atomic E-state index is 0.131. The number of nitrogens with one attached hydrogen (secondary N) is 1. The van der Waals surface area contributed by atoms with Crippen LogP contribution in [0.1, 0.15) is 12.0 Å². The van der Waals surface area contributed by atoms with E-state index in [1.807, 2.05) is 24.3 Å². The van der Waals surface area contributed by atoms with Crippen molar-refractivity contribution < 1.29 is 19.5 Å². The number of aliphatic carboxylic acids is 1. The number of carboxylic acids is 1. The monoisotopic (exact) mass is 288 g/mol. The number of anilines is 1. The Balaban J connectivity index is 1.91. The van der Waals surface area contributed by atoms with Gasteiger partial charge >= 0.3 is 5.97 Å². The van der Waals surface area contributed by atoms with E-state index in [1.54, 1.807) is 0 Å². The highest BCUT2D eigenvalue weighted by Crippen LogP contribution is 2.31. The Bertz CT molecular complexity index is 613. The molecule has 1 saturated heterocycles. The summed E-state index contributed by atoms with van der Waals surface area (Å²) < 4.78 is 0. The maximum Gasteiger partial charge on any atom is 0.308 e. The highest BCUT2D eigenvalue weighted by Gasteiger charge is 2.37. The van der Waals surface area contributed by atoms with E-state index in [9.17, 15) is 19.5 Å². The van der Waals surface area contributed by atoms with Crippen LogP contribution in [-0.2, 0) is 20.8 Å². The average Bonchev–Trinajstić information content (AvgIpc) is 2.92. The number of fused-ring (bicyclic) bond motifs is 1. The summed E-state index contributed by atoms with van der Waals surface area (Å²) >= 11 is 0. The number of carboxylic acid groups (broad SMARTS) is 1. The smallest absolute Gasteiger partial charge is 0.308 e. The minimum atomic E-state index is -0.900. The first-order valence-corrected chi connectivity index (χ1v) is 6.95. The van der Waals surface area contributed by atoms with Crippen molar-refractivity contribution in [2.75, 3.05) is 18.0 Å². The van der Waals surface area contributed by atoms with E-state index in [0.717, 1.165) is 11.3 Å². The molecule has 6 heteroatoms. The standard InChI is InChI=1S/C15H16N2O4/c18-13-6-10(7-16-13)14(19)17-8-11(15(20)21)5-9-3-1-2-4-12(9)17/h1-4,10-11H,5-8H2,(H,16,18)(H,20,21). The van der Waals surface area contributed by atoms with E-state index in [0.29, 0.717) is 13.0 Å². The summed E-state index contributed by atoms with van der Waals surface area (Å²) in [7, 11) is 0. The second-order valence-corrected chi connectivity index (χ2v) is 5.52. The third-order valence-corrected chi connectivity index (χ3v) is 4.09. The molecule has 21 heavy (non-hydrogen) atoms. The van der Waals surface area contributed by atoms with Gasteiger partial charge in [0.05, 0.1) is 11.8 Å². The molecule has 2 atom stereocenters. The highest BCUT2D eigenvalue weighted by molar-refractivity contribution is 6.00. The zero-order valence-electron chi connectivity index (χ0n) is 11.4. The van der Waals surface area contributed by atoms with Crippen molar-refractivity contribution in [2.45, 2.75) is 12.8 Å². The Hall–Kier alpha value is -2.37. The quantitative estimate of drug-likeness (QED) is 0.825. The average molecular weight is 288 g/mol. The van der Waals surface area contributed by atoms with Crippen LogP contribution in [0, 0.1) is 11.8 Å². The largest absolute Gasteiger partial charge is 0.481 e. The van der Waals surface area contributed by atoms with E-state index in [4.69, 9.17) is 0 Å². The summed E-state index contributed by atoms with van der Waals surface area (Å²) in [5, 5.41) is 11.9. The fourth-order valence-electron chi connectivity index (χ4n) is 2.97. The molecule has 2 N–H and O–H groups in total. The van der Waals surface area contributed by atoms with Gasteiger partial charge in [0.2, 0.25) is 11.8 Å². The second-order valence-electron chi connectivity index (χ2n) is 5.52. The Labute approximate surface area is 121 Å². The predicted octanol–water partition coefficient (Wildman–Crippen LogP) is 0.413. The first kappa shape index (κ1) is 13.6. The van der Waals surface area contributed by atoms with Crippen LogP contribution in [0.3, 0.4) is 0 Å². The van der Waals surface area contributed by atoms with Crippen LogP contribution in [-0.4, -0.2) is 36.0 Å². The van der Waals surface area contributed by atoms with E-state index in [1.165, 1.54) is 4.90 Å². The number of hydrogen-bond donors (Lipinski definition) is 2. The Morgan fingerprint density at radius 3 is 2.62 bits per heavy atom. The predicted molar refractivity (Wildman–Crippen MR) is 74.7 cm³/mol. The summed E-state index contributed by atoms with van der Waals surface area (Å²) in [6.07, 6.45) is 0.604. The van der Waals surface area contributed by atoms with E-state index in [-0.39, 0.29) is 24.8 Å². The summed E-state index contributed by atoms with van der Waals surface area (Å²) in [6.45, 7) is 0.490. The molecule has 0 radical (unpaired) electrons. The molecule has 2 amide bonds. The SMILES string of the molecule is O=C1CC(C(=O)N2CC(C(=O)O)Cc3ccccc32)CN1. The zero-order valence-corrected chi connectivity index (χ0v) is 11.4. The minimum Gasteiger partial charge on any atom is -0.481 e. The van der Waals surface area contributed by atoms with Crippen molar-refractivity contribution in [2.24, 2.45) is 11.8 Å².